The molecule has 0 saturated heterocycles. The number of hydrogen-bond acceptors (Lipinski definition) is 2. The van der Waals surface area contributed by atoms with Gasteiger partial charge in [0, 0.05) is 6.42 Å². The Kier molecular flexibility index (Phi) is 5.01. The first-order valence-electron chi connectivity index (χ1n) is 3.18. The standard InChI is InChI=1S/C6H8Cl2O4/c7-5(8)3(6(11)12)1-2-4(9)10/h3,5H,1-2H2,(H,9,10)(H,11,12). The number of alkyl halides is 2. The van der Waals surface area contributed by atoms with Crippen LogP contribution in [0.1, 0.15) is 12.8 Å². The summed E-state index contributed by atoms with van der Waals surface area (Å²) in [6.07, 6.45) is -0.296. The summed E-state index contributed by atoms with van der Waals surface area (Å²) in [6, 6.07) is 0. The van der Waals surface area contributed by atoms with Crippen LogP contribution in [0, 0.1) is 5.92 Å². The summed E-state index contributed by atoms with van der Waals surface area (Å²) >= 11 is 10.6. The fourth-order valence-electron chi connectivity index (χ4n) is 0.636. The Hall–Kier alpha value is -0.480. The monoisotopic (exact) mass is 214 g/mol. The predicted octanol–water partition coefficient (Wildman–Crippen LogP) is 1.36. The third kappa shape index (κ3) is 4.41. The average molecular weight is 215 g/mol. The van der Waals surface area contributed by atoms with E-state index in [0.29, 0.717) is 0 Å². The summed E-state index contributed by atoms with van der Waals surface area (Å²) < 4.78 is 0. The molecule has 0 aliphatic carbocycles. The van der Waals surface area contributed by atoms with E-state index in [1.807, 2.05) is 0 Å². The highest BCUT2D eigenvalue weighted by Crippen LogP contribution is 2.20. The van der Waals surface area contributed by atoms with Gasteiger partial charge in [-0.2, -0.15) is 0 Å². The SMILES string of the molecule is O=C(O)CCC(C(=O)O)C(Cl)Cl. The van der Waals surface area contributed by atoms with Gasteiger partial charge in [-0.05, 0) is 6.42 Å². The van der Waals surface area contributed by atoms with Crippen molar-refractivity contribution in [2.75, 3.05) is 0 Å². The molecule has 12 heavy (non-hydrogen) atoms. The second kappa shape index (κ2) is 5.22. The number of hydrogen-bond donors (Lipinski definition) is 2. The van der Waals surface area contributed by atoms with Crippen molar-refractivity contribution in [3.8, 4) is 0 Å². The van der Waals surface area contributed by atoms with Crippen LogP contribution in [0.4, 0.5) is 0 Å². The van der Waals surface area contributed by atoms with E-state index in [2.05, 4.69) is 0 Å². The molecule has 0 aliphatic heterocycles. The van der Waals surface area contributed by atoms with Crippen LogP contribution in [-0.4, -0.2) is 27.0 Å². The first-order chi connectivity index (χ1) is 5.45. The Morgan fingerprint density at radius 1 is 1.25 bits per heavy atom. The molecule has 2 N–H and O–H groups in total. The van der Waals surface area contributed by atoms with E-state index in [0.717, 1.165) is 0 Å². The molecular weight excluding hydrogens is 207 g/mol. The van der Waals surface area contributed by atoms with Gasteiger partial charge in [0.25, 0.3) is 0 Å². The van der Waals surface area contributed by atoms with Gasteiger partial charge < -0.3 is 10.2 Å². The lowest BCUT2D eigenvalue weighted by Crippen LogP contribution is -2.21. The Morgan fingerprint density at radius 2 is 1.75 bits per heavy atom. The molecule has 0 radical (unpaired) electrons. The molecule has 0 fully saturated rings. The molecule has 0 aromatic rings. The van der Waals surface area contributed by atoms with Crippen molar-refractivity contribution in [3.05, 3.63) is 0 Å². The second-order valence-corrected chi connectivity index (χ2v) is 3.38. The van der Waals surface area contributed by atoms with E-state index in [-0.39, 0.29) is 12.8 Å². The van der Waals surface area contributed by atoms with Crippen molar-refractivity contribution in [2.24, 2.45) is 5.92 Å². The van der Waals surface area contributed by atoms with Crippen LogP contribution < -0.4 is 0 Å². The number of carboxylic acid groups (broad SMARTS) is 2. The van der Waals surface area contributed by atoms with E-state index in [1.165, 1.54) is 0 Å². The van der Waals surface area contributed by atoms with E-state index >= 15 is 0 Å². The Morgan fingerprint density at radius 3 is 2.00 bits per heavy atom. The van der Waals surface area contributed by atoms with E-state index in [9.17, 15) is 9.59 Å². The van der Waals surface area contributed by atoms with Gasteiger partial charge in [0.2, 0.25) is 0 Å². The highest BCUT2D eigenvalue weighted by atomic mass is 35.5. The summed E-state index contributed by atoms with van der Waals surface area (Å²) in [7, 11) is 0. The molecule has 0 aromatic heterocycles. The van der Waals surface area contributed by atoms with Crippen molar-refractivity contribution in [1.82, 2.24) is 0 Å². The molecule has 0 heterocycles. The maximum Gasteiger partial charge on any atom is 0.309 e. The van der Waals surface area contributed by atoms with Crippen LogP contribution in [0.2, 0.25) is 0 Å². The first-order valence-corrected chi connectivity index (χ1v) is 4.05. The van der Waals surface area contributed by atoms with Crippen molar-refractivity contribution in [1.29, 1.82) is 0 Å². The summed E-state index contributed by atoms with van der Waals surface area (Å²) in [5.74, 6) is -3.24. The Balaban J connectivity index is 3.97. The van der Waals surface area contributed by atoms with Gasteiger partial charge in [-0.3, -0.25) is 9.59 Å². The fourth-order valence-corrected chi connectivity index (χ4v) is 1.10. The summed E-state index contributed by atoms with van der Waals surface area (Å²) in [6.45, 7) is 0. The second-order valence-electron chi connectivity index (χ2n) is 2.21. The predicted molar refractivity (Wildman–Crippen MR) is 43.5 cm³/mol. The molecule has 0 rings (SSSR count). The van der Waals surface area contributed by atoms with Crippen LogP contribution in [-0.2, 0) is 9.59 Å². The van der Waals surface area contributed by atoms with Gasteiger partial charge in [0.05, 0.1) is 5.92 Å². The van der Waals surface area contributed by atoms with Gasteiger partial charge in [-0.15, -0.1) is 23.2 Å². The third-order valence-corrected chi connectivity index (χ3v) is 1.90. The molecule has 0 saturated carbocycles. The molecule has 0 amide bonds. The zero-order valence-electron chi connectivity index (χ0n) is 6.04. The van der Waals surface area contributed by atoms with Crippen LogP contribution in [0.25, 0.3) is 0 Å². The molecule has 0 aliphatic rings. The van der Waals surface area contributed by atoms with E-state index in [4.69, 9.17) is 33.4 Å². The van der Waals surface area contributed by atoms with Gasteiger partial charge in [0.15, 0.2) is 0 Å². The molecule has 4 nitrogen and oxygen atoms in total. The average Bonchev–Trinajstić information content (AvgIpc) is 1.84. The number of halogens is 2. The van der Waals surface area contributed by atoms with Crippen LogP contribution >= 0.6 is 23.2 Å². The van der Waals surface area contributed by atoms with Gasteiger partial charge in [0.1, 0.15) is 4.84 Å². The molecule has 1 unspecified atom stereocenters. The lowest BCUT2D eigenvalue weighted by Gasteiger charge is -2.10. The van der Waals surface area contributed by atoms with E-state index < -0.39 is 22.7 Å². The fraction of sp³-hybridized carbons (Fsp3) is 0.667. The van der Waals surface area contributed by atoms with Crippen LogP contribution in [0.5, 0.6) is 0 Å². The molecule has 0 spiro atoms. The highest BCUT2D eigenvalue weighted by Gasteiger charge is 2.25. The maximum absolute atomic E-state index is 10.4. The van der Waals surface area contributed by atoms with E-state index in [1.54, 1.807) is 0 Å². The highest BCUT2D eigenvalue weighted by molar-refractivity contribution is 6.45. The number of rotatable bonds is 5. The number of carbonyl (C=O) groups is 2. The molecular formula is C6H8Cl2O4. The molecule has 0 aromatic carbocycles. The van der Waals surface area contributed by atoms with Crippen molar-refractivity contribution < 1.29 is 19.8 Å². The smallest absolute Gasteiger partial charge is 0.309 e. The van der Waals surface area contributed by atoms with Crippen LogP contribution in [0.3, 0.4) is 0 Å². The normalized spacial score (nSPS) is 12.9. The largest absolute Gasteiger partial charge is 0.481 e. The van der Waals surface area contributed by atoms with Gasteiger partial charge >= 0.3 is 11.9 Å². The quantitative estimate of drug-likeness (QED) is 0.679. The summed E-state index contributed by atoms with van der Waals surface area (Å²) in [4.78, 5) is 19.4. The summed E-state index contributed by atoms with van der Waals surface area (Å²) in [5.41, 5.74) is 0. The van der Waals surface area contributed by atoms with Crippen molar-refractivity contribution in [3.63, 3.8) is 0 Å². The molecule has 0 bridgehead atoms. The zero-order chi connectivity index (χ0) is 9.72. The lowest BCUT2D eigenvalue weighted by atomic mass is 10.1. The molecule has 1 atom stereocenters. The molecule has 70 valence electrons. The Bertz CT molecular complexity index is 180. The third-order valence-electron chi connectivity index (χ3n) is 1.29. The maximum atomic E-state index is 10.4. The number of carboxylic acids is 2. The van der Waals surface area contributed by atoms with Crippen molar-refractivity contribution in [2.45, 2.75) is 17.7 Å². The lowest BCUT2D eigenvalue weighted by molar-refractivity contribution is -0.142. The minimum atomic E-state index is -1.17. The topological polar surface area (TPSA) is 74.6 Å². The first kappa shape index (κ1) is 11.5. The summed E-state index contributed by atoms with van der Waals surface area (Å²) in [5, 5.41) is 16.7. The van der Waals surface area contributed by atoms with Gasteiger partial charge in [-0.1, -0.05) is 0 Å². The zero-order valence-corrected chi connectivity index (χ0v) is 7.55. The minimum absolute atomic E-state index is 0.0532. The Labute approximate surface area is 79.1 Å². The number of aliphatic carboxylic acids is 2. The van der Waals surface area contributed by atoms with Crippen molar-refractivity contribution >= 4 is 35.1 Å². The van der Waals surface area contributed by atoms with Crippen LogP contribution in [0.15, 0.2) is 0 Å². The van der Waals surface area contributed by atoms with Gasteiger partial charge in [-0.25, -0.2) is 0 Å². The minimum Gasteiger partial charge on any atom is -0.481 e. The molecule has 6 heteroatoms.